The van der Waals surface area contributed by atoms with Crippen molar-refractivity contribution in [1.29, 1.82) is 0 Å². The van der Waals surface area contributed by atoms with Gasteiger partial charge in [0.15, 0.2) is 17.3 Å². The van der Waals surface area contributed by atoms with E-state index in [4.69, 9.17) is 17.0 Å². The third-order valence-corrected chi connectivity index (χ3v) is 4.39. The highest BCUT2D eigenvalue weighted by Crippen LogP contribution is 2.42. The standard InChI is InChI=1S/C17H19N3O5/c1-9-4-3-5-11-15(9)18-16-12(24-11)7-20(17(22)19-16)14-6-10(21)13(25-14)8-23-2/h3-5,7,10,13-14,21H,6,8H2,1-2H3,(H,18,19,22)/i2TD. The molecule has 2 aliphatic rings. The SMILES string of the molecule is [2H]C([3H])OCC1OC(n2cc3c(nc2=O)Nc2c(C)cccc2O3)CC1O. The second kappa shape index (κ2) is 6.14. The van der Waals surface area contributed by atoms with E-state index in [1.807, 2.05) is 25.1 Å². The number of nitrogens with one attached hydrogen (secondary N) is 1. The van der Waals surface area contributed by atoms with Crippen LogP contribution in [0.3, 0.4) is 0 Å². The number of aliphatic hydroxyl groups excluding tert-OH is 1. The molecule has 4 unspecified atom stereocenters. The maximum Gasteiger partial charge on any atom is 0.351 e. The van der Waals surface area contributed by atoms with Gasteiger partial charge in [-0.3, -0.25) is 4.57 Å². The van der Waals surface area contributed by atoms with Crippen molar-refractivity contribution in [2.75, 3.05) is 19.0 Å². The van der Waals surface area contributed by atoms with Gasteiger partial charge in [-0.1, -0.05) is 12.1 Å². The zero-order valence-electron chi connectivity index (χ0n) is 15.5. The number of rotatable bonds is 3. The summed E-state index contributed by atoms with van der Waals surface area (Å²) in [6, 6.07) is 5.61. The summed E-state index contributed by atoms with van der Waals surface area (Å²) in [5.74, 6) is 1.33. The van der Waals surface area contributed by atoms with Gasteiger partial charge in [0, 0.05) is 13.5 Å². The van der Waals surface area contributed by atoms with Crippen LogP contribution in [-0.4, -0.2) is 40.5 Å². The molecule has 0 saturated carbocycles. The quantitative estimate of drug-likeness (QED) is 0.744. The van der Waals surface area contributed by atoms with E-state index in [1.165, 1.54) is 10.8 Å². The van der Waals surface area contributed by atoms with Crippen LogP contribution in [0.1, 0.15) is 21.0 Å². The van der Waals surface area contributed by atoms with Crippen molar-refractivity contribution in [2.24, 2.45) is 0 Å². The van der Waals surface area contributed by atoms with Crippen molar-refractivity contribution in [3.8, 4) is 11.5 Å². The minimum absolute atomic E-state index is 0.104. The first-order valence-corrected chi connectivity index (χ1v) is 7.89. The normalized spacial score (nSPS) is 26.6. The molecule has 0 aliphatic carbocycles. The number of para-hydroxylation sites is 1. The van der Waals surface area contributed by atoms with Crippen LogP contribution in [0.4, 0.5) is 11.5 Å². The van der Waals surface area contributed by atoms with Gasteiger partial charge in [0.1, 0.15) is 12.3 Å². The first-order chi connectivity index (χ1) is 12.9. The van der Waals surface area contributed by atoms with Crippen molar-refractivity contribution in [3.63, 3.8) is 0 Å². The first-order valence-electron chi connectivity index (χ1n) is 9.05. The molecule has 3 heterocycles. The molecule has 4 atom stereocenters. The van der Waals surface area contributed by atoms with E-state index >= 15 is 0 Å². The molecule has 8 heteroatoms. The van der Waals surface area contributed by atoms with E-state index in [1.54, 1.807) is 0 Å². The van der Waals surface area contributed by atoms with Gasteiger partial charge in [0.2, 0.25) is 0 Å². The van der Waals surface area contributed by atoms with Crippen molar-refractivity contribution in [3.05, 3.63) is 40.4 Å². The molecule has 4 rings (SSSR count). The van der Waals surface area contributed by atoms with Crippen LogP contribution < -0.4 is 15.7 Å². The lowest BCUT2D eigenvalue weighted by Crippen LogP contribution is -2.29. The van der Waals surface area contributed by atoms with Crippen LogP contribution in [0.25, 0.3) is 0 Å². The molecule has 132 valence electrons. The third kappa shape index (κ3) is 2.78. The van der Waals surface area contributed by atoms with Gasteiger partial charge in [-0.05, 0) is 18.6 Å². The Morgan fingerprint density at radius 1 is 1.60 bits per heavy atom. The number of nitrogens with zero attached hydrogens (tertiary/aromatic N) is 2. The number of hydrogen-bond donors (Lipinski definition) is 2. The summed E-state index contributed by atoms with van der Waals surface area (Å²) in [6.45, 7) is 1.82. The molecule has 0 spiro atoms. The highest BCUT2D eigenvalue weighted by molar-refractivity contribution is 5.74. The van der Waals surface area contributed by atoms with Crippen LogP contribution >= 0.6 is 0 Å². The minimum atomic E-state index is -1.46. The maximum atomic E-state index is 12.5. The monoisotopic (exact) mass is 348 g/mol. The molecule has 2 aromatic rings. The van der Waals surface area contributed by atoms with E-state index in [0.717, 1.165) is 11.3 Å². The Morgan fingerprint density at radius 2 is 2.48 bits per heavy atom. The second-order valence-electron chi connectivity index (χ2n) is 6.08. The Balaban J connectivity index is 1.58. The Labute approximate surface area is 146 Å². The molecule has 1 fully saturated rings. The minimum Gasteiger partial charge on any atom is -0.450 e. The number of aromatic nitrogens is 2. The van der Waals surface area contributed by atoms with E-state index < -0.39 is 31.2 Å². The lowest BCUT2D eigenvalue weighted by atomic mass is 10.1. The van der Waals surface area contributed by atoms with Crippen molar-refractivity contribution in [2.45, 2.75) is 31.8 Å². The van der Waals surface area contributed by atoms with Crippen molar-refractivity contribution < 1.29 is 22.1 Å². The second-order valence-corrected chi connectivity index (χ2v) is 6.08. The molecule has 8 nitrogen and oxygen atoms in total. The average molecular weight is 348 g/mol. The summed E-state index contributed by atoms with van der Waals surface area (Å²) in [6.07, 6.45) is -0.673. The highest BCUT2D eigenvalue weighted by Gasteiger charge is 2.36. The van der Waals surface area contributed by atoms with Gasteiger partial charge in [-0.15, -0.1) is 0 Å². The number of aliphatic hydroxyl groups is 1. The van der Waals surface area contributed by atoms with Crippen molar-refractivity contribution in [1.82, 2.24) is 9.55 Å². The summed E-state index contributed by atoms with van der Waals surface area (Å²) < 4.78 is 31.8. The molecule has 1 aromatic heterocycles. The maximum absolute atomic E-state index is 12.5. The van der Waals surface area contributed by atoms with Crippen LogP contribution in [0.15, 0.2) is 29.2 Å². The zero-order chi connectivity index (χ0) is 19.1. The first kappa shape index (κ1) is 13.8. The van der Waals surface area contributed by atoms with Crippen molar-refractivity contribution >= 4 is 11.5 Å². The largest absolute Gasteiger partial charge is 0.450 e. The third-order valence-electron chi connectivity index (χ3n) is 4.39. The number of ether oxygens (including phenoxy) is 3. The molecule has 1 aromatic carbocycles. The van der Waals surface area contributed by atoms with Gasteiger partial charge in [0.25, 0.3) is 0 Å². The smallest absolute Gasteiger partial charge is 0.351 e. The zero-order valence-corrected chi connectivity index (χ0v) is 13.5. The molecule has 1 saturated heterocycles. The fourth-order valence-electron chi connectivity index (χ4n) is 3.08. The number of benzene rings is 1. The van der Waals surface area contributed by atoms with Gasteiger partial charge in [-0.2, -0.15) is 4.98 Å². The number of fused-ring (bicyclic) bond motifs is 2. The molecule has 2 N–H and O–H groups in total. The summed E-state index contributed by atoms with van der Waals surface area (Å²) >= 11 is 0. The van der Waals surface area contributed by atoms with E-state index in [2.05, 4.69) is 10.3 Å². The fraction of sp³-hybridized carbons (Fsp3) is 0.412. The van der Waals surface area contributed by atoms with Crippen LogP contribution in [0.5, 0.6) is 11.5 Å². The highest BCUT2D eigenvalue weighted by atomic mass is 16.6. The van der Waals surface area contributed by atoms with Crippen LogP contribution in [-0.2, 0) is 9.47 Å². The molecule has 2 aliphatic heterocycles. The topological polar surface area (TPSA) is 94.8 Å². The molecule has 0 bridgehead atoms. The van der Waals surface area contributed by atoms with Crippen LogP contribution in [0, 0.1) is 6.92 Å². The van der Waals surface area contributed by atoms with E-state index in [0.29, 0.717) is 17.3 Å². The summed E-state index contributed by atoms with van der Waals surface area (Å²) in [5.41, 5.74) is 1.19. The number of aryl methyl sites for hydroxylation is 1. The van der Waals surface area contributed by atoms with Gasteiger partial charge in [0.05, 0.1) is 27.3 Å². The molecule has 0 radical (unpaired) electrons. The molecule has 0 amide bonds. The van der Waals surface area contributed by atoms with Gasteiger partial charge >= 0.3 is 5.69 Å². The Morgan fingerprint density at radius 3 is 3.32 bits per heavy atom. The average Bonchev–Trinajstić information content (AvgIpc) is 2.99. The lowest BCUT2D eigenvalue weighted by molar-refractivity contribution is -0.0547. The van der Waals surface area contributed by atoms with Crippen LogP contribution in [0.2, 0.25) is 0 Å². The summed E-state index contributed by atoms with van der Waals surface area (Å²) in [4.78, 5) is 16.5. The summed E-state index contributed by atoms with van der Waals surface area (Å²) in [5, 5.41) is 13.2. The fourth-order valence-corrected chi connectivity index (χ4v) is 3.08. The molecular formula is C17H19N3O5. The summed E-state index contributed by atoms with van der Waals surface area (Å²) in [7, 11) is -1.46. The Hall–Kier alpha value is -2.42. The number of anilines is 2. The predicted molar refractivity (Wildman–Crippen MR) is 89.4 cm³/mol. The number of methoxy groups -OCH3 is 1. The lowest BCUT2D eigenvalue weighted by Gasteiger charge is -2.23. The Bertz CT molecular complexity index is 920. The molecule has 25 heavy (non-hydrogen) atoms. The molecular weight excluding hydrogens is 326 g/mol. The predicted octanol–water partition coefficient (Wildman–Crippen LogP) is 1.70. The van der Waals surface area contributed by atoms with Gasteiger partial charge in [-0.25, -0.2) is 4.79 Å². The van der Waals surface area contributed by atoms with E-state index in [-0.39, 0.29) is 13.0 Å². The van der Waals surface area contributed by atoms with E-state index in [9.17, 15) is 9.90 Å². The number of hydrogen-bond acceptors (Lipinski definition) is 7. The van der Waals surface area contributed by atoms with Gasteiger partial charge < -0.3 is 24.6 Å². The Kier molecular flexibility index (Phi) is 3.40.